The van der Waals surface area contributed by atoms with Gasteiger partial charge in [0.05, 0.1) is 5.56 Å². The number of hydrogen-bond donors (Lipinski definition) is 1. The van der Waals surface area contributed by atoms with E-state index >= 15 is 0 Å². The van der Waals surface area contributed by atoms with E-state index in [4.69, 9.17) is 14.4 Å². The van der Waals surface area contributed by atoms with Gasteiger partial charge in [-0.05, 0) is 43.5 Å². The van der Waals surface area contributed by atoms with Crippen LogP contribution in [0.4, 0.5) is 0 Å². The summed E-state index contributed by atoms with van der Waals surface area (Å²) in [5.74, 6) is 1.16. The number of furan rings is 1. The van der Waals surface area contributed by atoms with Gasteiger partial charge in [0.25, 0.3) is 5.91 Å². The molecule has 1 aliphatic carbocycles. The lowest BCUT2D eigenvalue weighted by Crippen LogP contribution is -2.37. The average molecular weight is 351 g/mol. The number of carbonyl (C=O) groups excluding carboxylic acids is 1. The fourth-order valence-corrected chi connectivity index (χ4v) is 3.34. The van der Waals surface area contributed by atoms with Crippen LogP contribution in [0.1, 0.15) is 41.1 Å². The maximum atomic E-state index is 12.4. The Morgan fingerprint density at radius 2 is 2.12 bits per heavy atom. The molecular weight excluding hydrogens is 330 g/mol. The summed E-state index contributed by atoms with van der Waals surface area (Å²) in [7, 11) is 0. The van der Waals surface area contributed by atoms with Gasteiger partial charge in [0.15, 0.2) is 5.76 Å². The van der Waals surface area contributed by atoms with Crippen molar-refractivity contribution in [2.75, 3.05) is 13.1 Å². The molecule has 0 spiro atoms. The molecule has 1 saturated carbocycles. The molecule has 4 rings (SSSR count). The molecule has 1 aliphatic heterocycles. The Morgan fingerprint density at radius 3 is 2.92 bits per heavy atom. The molecule has 2 aromatic rings. The van der Waals surface area contributed by atoms with Crippen molar-refractivity contribution < 1.29 is 13.9 Å². The van der Waals surface area contributed by atoms with Crippen molar-refractivity contribution in [1.29, 1.82) is 5.26 Å². The number of nitrogens with zero attached hydrogens (tertiary/aromatic N) is 2. The summed E-state index contributed by atoms with van der Waals surface area (Å²) >= 11 is 0. The molecular formula is C20H21N3O3. The highest BCUT2D eigenvalue weighted by atomic mass is 16.5. The van der Waals surface area contributed by atoms with Crippen LogP contribution in [0.2, 0.25) is 0 Å². The van der Waals surface area contributed by atoms with Gasteiger partial charge in [-0.25, -0.2) is 0 Å². The van der Waals surface area contributed by atoms with Crippen LogP contribution in [0.3, 0.4) is 0 Å². The monoisotopic (exact) mass is 351 g/mol. The van der Waals surface area contributed by atoms with Crippen LogP contribution in [0.25, 0.3) is 0 Å². The first-order valence-electron chi connectivity index (χ1n) is 8.98. The summed E-state index contributed by atoms with van der Waals surface area (Å²) in [5, 5.41) is 12.1. The summed E-state index contributed by atoms with van der Waals surface area (Å²) in [4.78, 5) is 14.8. The Kier molecular flexibility index (Phi) is 4.63. The Bertz CT molecular complexity index is 835. The number of hydrogen-bond acceptors (Lipinski definition) is 5. The largest absolute Gasteiger partial charge is 0.484 e. The van der Waals surface area contributed by atoms with Crippen LogP contribution in [0, 0.1) is 11.3 Å². The van der Waals surface area contributed by atoms with Crippen LogP contribution in [-0.4, -0.2) is 36.0 Å². The maximum absolute atomic E-state index is 12.4. The zero-order valence-corrected chi connectivity index (χ0v) is 14.5. The van der Waals surface area contributed by atoms with E-state index in [1.165, 1.54) is 12.8 Å². The highest BCUT2D eigenvalue weighted by Gasteiger charge is 2.35. The summed E-state index contributed by atoms with van der Waals surface area (Å²) in [5.41, 5.74) is 0.471. The van der Waals surface area contributed by atoms with Crippen molar-refractivity contribution in [3.63, 3.8) is 0 Å². The molecule has 1 N–H and O–H groups in total. The van der Waals surface area contributed by atoms with Crippen LogP contribution < -0.4 is 10.1 Å². The van der Waals surface area contributed by atoms with Gasteiger partial charge in [0.1, 0.15) is 24.2 Å². The number of nitrogens with one attached hydrogen (secondary N) is 1. The van der Waals surface area contributed by atoms with E-state index in [1.54, 1.807) is 30.3 Å². The third-order valence-corrected chi connectivity index (χ3v) is 4.88. The number of ether oxygens (including phenoxy) is 1. The zero-order valence-electron chi connectivity index (χ0n) is 14.5. The van der Waals surface area contributed by atoms with Gasteiger partial charge < -0.3 is 14.5 Å². The topological polar surface area (TPSA) is 78.5 Å². The summed E-state index contributed by atoms with van der Waals surface area (Å²) in [6, 6.07) is 13.4. The SMILES string of the molecule is N#Cc1ccccc1OCc1ccc(C(=O)N[C@@H]2CCN(C3CC3)C2)o1. The van der Waals surface area contributed by atoms with E-state index < -0.39 is 0 Å². The number of nitriles is 1. The highest BCUT2D eigenvalue weighted by molar-refractivity contribution is 5.91. The molecule has 0 unspecified atom stereocenters. The number of benzene rings is 1. The van der Waals surface area contributed by atoms with E-state index in [0.717, 1.165) is 25.6 Å². The minimum absolute atomic E-state index is 0.171. The Morgan fingerprint density at radius 1 is 1.27 bits per heavy atom. The zero-order chi connectivity index (χ0) is 17.9. The lowest BCUT2D eigenvalue weighted by molar-refractivity contribution is 0.0905. The van der Waals surface area contributed by atoms with Gasteiger partial charge in [0.2, 0.25) is 0 Å². The lowest BCUT2D eigenvalue weighted by atomic mass is 10.2. The van der Waals surface area contributed by atoms with E-state index in [-0.39, 0.29) is 18.6 Å². The highest BCUT2D eigenvalue weighted by Crippen LogP contribution is 2.29. The predicted octanol–water partition coefficient (Wildman–Crippen LogP) is 2.70. The fraction of sp³-hybridized carbons (Fsp3) is 0.400. The molecule has 134 valence electrons. The van der Waals surface area contributed by atoms with Crippen LogP contribution >= 0.6 is 0 Å². The second-order valence-corrected chi connectivity index (χ2v) is 6.85. The molecule has 1 aromatic heterocycles. The van der Waals surface area contributed by atoms with Crippen molar-refractivity contribution >= 4 is 5.91 Å². The van der Waals surface area contributed by atoms with Crippen LogP contribution in [0.5, 0.6) is 5.75 Å². The molecule has 6 nitrogen and oxygen atoms in total. The molecule has 1 aromatic carbocycles. The van der Waals surface area contributed by atoms with Crippen molar-refractivity contribution in [2.45, 2.75) is 38.0 Å². The number of amides is 1. The number of para-hydroxylation sites is 1. The Labute approximate surface area is 152 Å². The summed E-state index contributed by atoms with van der Waals surface area (Å²) in [6.07, 6.45) is 3.57. The standard InChI is InChI=1S/C20H21N3O3/c21-11-14-3-1-2-4-18(14)25-13-17-7-8-19(26-17)20(24)22-15-9-10-23(12-15)16-5-6-16/h1-4,7-8,15-16H,5-6,9-10,12-13H2,(H,22,24)/t15-/m1/s1. The molecule has 0 radical (unpaired) electrons. The third-order valence-electron chi connectivity index (χ3n) is 4.88. The molecule has 6 heteroatoms. The van der Waals surface area contributed by atoms with Crippen molar-refractivity contribution in [3.8, 4) is 11.8 Å². The lowest BCUT2D eigenvalue weighted by Gasteiger charge is -2.15. The van der Waals surface area contributed by atoms with E-state index in [2.05, 4.69) is 16.3 Å². The minimum Gasteiger partial charge on any atom is -0.484 e. The quantitative estimate of drug-likeness (QED) is 0.866. The molecule has 2 aliphatic rings. The fourth-order valence-electron chi connectivity index (χ4n) is 3.34. The van der Waals surface area contributed by atoms with E-state index in [1.807, 2.05) is 6.07 Å². The molecule has 1 saturated heterocycles. The normalized spacial score (nSPS) is 19.9. The number of carbonyl (C=O) groups is 1. The molecule has 0 bridgehead atoms. The van der Waals surface area contributed by atoms with Crippen LogP contribution in [-0.2, 0) is 6.61 Å². The first-order chi connectivity index (χ1) is 12.7. The molecule has 1 amide bonds. The van der Waals surface area contributed by atoms with Gasteiger partial charge >= 0.3 is 0 Å². The minimum atomic E-state index is -0.184. The molecule has 26 heavy (non-hydrogen) atoms. The molecule has 2 fully saturated rings. The summed E-state index contributed by atoms with van der Waals surface area (Å²) < 4.78 is 11.2. The van der Waals surface area contributed by atoms with Gasteiger partial charge in [-0.1, -0.05) is 12.1 Å². The second-order valence-electron chi connectivity index (χ2n) is 6.85. The smallest absolute Gasteiger partial charge is 0.287 e. The first-order valence-corrected chi connectivity index (χ1v) is 8.98. The van der Waals surface area contributed by atoms with Gasteiger partial charge in [-0.2, -0.15) is 5.26 Å². The first kappa shape index (κ1) is 16.7. The molecule has 1 atom stereocenters. The van der Waals surface area contributed by atoms with Gasteiger partial charge in [0, 0.05) is 25.2 Å². The van der Waals surface area contributed by atoms with Crippen molar-refractivity contribution in [2.24, 2.45) is 0 Å². The molecule has 2 heterocycles. The number of likely N-dealkylation sites (tertiary alicyclic amines) is 1. The summed E-state index contributed by atoms with van der Waals surface area (Å²) in [6.45, 7) is 2.16. The van der Waals surface area contributed by atoms with Gasteiger partial charge in [-0.3, -0.25) is 9.69 Å². The maximum Gasteiger partial charge on any atom is 0.287 e. The van der Waals surface area contributed by atoms with Gasteiger partial charge in [-0.15, -0.1) is 0 Å². The second kappa shape index (κ2) is 7.22. The predicted molar refractivity (Wildman–Crippen MR) is 94.7 cm³/mol. The van der Waals surface area contributed by atoms with E-state index in [9.17, 15) is 4.79 Å². The van der Waals surface area contributed by atoms with Crippen molar-refractivity contribution in [1.82, 2.24) is 10.2 Å². The van der Waals surface area contributed by atoms with E-state index in [0.29, 0.717) is 22.8 Å². The Hall–Kier alpha value is -2.78. The average Bonchev–Trinajstić information content (AvgIpc) is 3.22. The third kappa shape index (κ3) is 3.73. The Balaban J connectivity index is 1.31. The van der Waals surface area contributed by atoms with Crippen molar-refractivity contribution in [3.05, 3.63) is 53.5 Å². The van der Waals surface area contributed by atoms with Crippen LogP contribution in [0.15, 0.2) is 40.8 Å². The number of rotatable bonds is 6.